The van der Waals surface area contributed by atoms with Gasteiger partial charge in [-0.05, 0) is 12.8 Å². The third kappa shape index (κ3) is 0.911. The maximum absolute atomic E-state index is 10.1. The standard InChI is InChI=1S/C5H8N2O/c6-5(8)7-3-1-2-4-7/h1-4H2. The van der Waals surface area contributed by atoms with Crippen LogP contribution in [-0.4, -0.2) is 24.0 Å². The normalized spacial score (nSPS) is 19.2. The molecule has 0 bridgehead atoms. The smallest absolute Gasteiger partial charge is 0.322 e. The molecule has 0 unspecified atom stereocenters. The second-order valence-electron chi connectivity index (χ2n) is 1.98. The van der Waals surface area contributed by atoms with Crippen LogP contribution in [0.25, 0.3) is 0 Å². The predicted octanol–water partition coefficient (Wildman–Crippen LogP) is 0.271. The Morgan fingerprint density at radius 1 is 1.38 bits per heavy atom. The zero-order valence-corrected chi connectivity index (χ0v) is 4.63. The number of nitrogens with zero attached hydrogens (tertiary/aromatic N) is 2. The van der Waals surface area contributed by atoms with E-state index >= 15 is 0 Å². The molecule has 0 aromatic carbocycles. The lowest BCUT2D eigenvalue weighted by Gasteiger charge is -2.06. The molecule has 0 N–H and O–H groups in total. The summed E-state index contributed by atoms with van der Waals surface area (Å²) in [6, 6.07) is -0.775. The zero-order chi connectivity index (χ0) is 5.98. The molecule has 0 spiro atoms. The number of hydrogen-bond donors (Lipinski definition) is 0. The van der Waals surface area contributed by atoms with Crippen molar-refractivity contribution in [1.82, 2.24) is 10.6 Å². The maximum Gasteiger partial charge on any atom is 0.362 e. The van der Waals surface area contributed by atoms with E-state index in [4.69, 9.17) is 5.73 Å². The maximum atomic E-state index is 10.1. The van der Waals surface area contributed by atoms with Crippen molar-refractivity contribution in [2.45, 2.75) is 12.8 Å². The molecule has 3 heteroatoms. The van der Waals surface area contributed by atoms with Gasteiger partial charge in [-0.1, -0.05) is 5.73 Å². The Morgan fingerprint density at radius 2 is 1.88 bits per heavy atom. The average molecular weight is 112 g/mol. The molecule has 1 aliphatic heterocycles. The van der Waals surface area contributed by atoms with Crippen LogP contribution >= 0.6 is 0 Å². The largest absolute Gasteiger partial charge is 0.362 e. The van der Waals surface area contributed by atoms with Gasteiger partial charge in [0.15, 0.2) is 0 Å². The molecule has 3 nitrogen and oxygen atoms in total. The predicted molar refractivity (Wildman–Crippen MR) is 28.3 cm³/mol. The van der Waals surface area contributed by atoms with Gasteiger partial charge >= 0.3 is 6.03 Å². The number of likely N-dealkylation sites (tertiary alicyclic amines) is 1. The van der Waals surface area contributed by atoms with E-state index in [9.17, 15) is 4.79 Å². The second kappa shape index (κ2) is 2.03. The van der Waals surface area contributed by atoms with Crippen molar-refractivity contribution in [1.29, 1.82) is 0 Å². The van der Waals surface area contributed by atoms with Gasteiger partial charge in [0, 0.05) is 13.1 Å². The third-order valence-corrected chi connectivity index (χ3v) is 1.38. The van der Waals surface area contributed by atoms with Gasteiger partial charge in [0.25, 0.3) is 0 Å². The Hall–Kier alpha value is -0.730. The first-order valence-electron chi connectivity index (χ1n) is 2.78. The summed E-state index contributed by atoms with van der Waals surface area (Å²) < 4.78 is 0. The van der Waals surface area contributed by atoms with Gasteiger partial charge in [0.1, 0.15) is 0 Å². The molecular weight excluding hydrogens is 104 g/mol. The number of hydrogen-bond acceptors (Lipinski definition) is 1. The molecule has 0 aromatic heterocycles. The summed E-state index contributed by atoms with van der Waals surface area (Å²) in [5.41, 5.74) is 8.34. The van der Waals surface area contributed by atoms with Gasteiger partial charge < -0.3 is 4.90 Å². The van der Waals surface area contributed by atoms with E-state index < -0.39 is 6.03 Å². The Balaban J connectivity index is 2.35. The highest BCUT2D eigenvalue weighted by Gasteiger charge is 2.15. The fourth-order valence-corrected chi connectivity index (χ4v) is 0.908. The van der Waals surface area contributed by atoms with Crippen LogP contribution in [0.15, 0.2) is 0 Å². The van der Waals surface area contributed by atoms with Crippen LogP contribution in [0.3, 0.4) is 0 Å². The van der Waals surface area contributed by atoms with Crippen molar-refractivity contribution in [2.24, 2.45) is 0 Å². The molecule has 1 heterocycles. The minimum atomic E-state index is -0.775. The van der Waals surface area contributed by atoms with Gasteiger partial charge in [-0.3, -0.25) is 0 Å². The van der Waals surface area contributed by atoms with Crippen molar-refractivity contribution in [3.63, 3.8) is 0 Å². The fourth-order valence-electron chi connectivity index (χ4n) is 0.908. The van der Waals surface area contributed by atoms with E-state index in [1.165, 1.54) is 4.90 Å². The molecule has 0 saturated carbocycles. The highest BCUT2D eigenvalue weighted by molar-refractivity contribution is 5.71. The molecule has 1 aliphatic rings. The SMILES string of the molecule is [N]C(=O)N1CCCC1. The Kier molecular flexibility index (Phi) is 1.37. The summed E-state index contributed by atoms with van der Waals surface area (Å²) in [6.45, 7) is 1.46. The minimum Gasteiger partial charge on any atom is -0.322 e. The van der Waals surface area contributed by atoms with Gasteiger partial charge in [-0.15, -0.1) is 0 Å². The quantitative estimate of drug-likeness (QED) is 0.443. The second-order valence-corrected chi connectivity index (χ2v) is 1.98. The molecule has 2 radical (unpaired) electrons. The van der Waals surface area contributed by atoms with Crippen LogP contribution in [0.2, 0.25) is 0 Å². The van der Waals surface area contributed by atoms with E-state index in [-0.39, 0.29) is 0 Å². The topological polar surface area (TPSA) is 42.6 Å². The molecule has 0 atom stereocenters. The van der Waals surface area contributed by atoms with Crippen LogP contribution in [0, 0.1) is 0 Å². The summed E-state index contributed by atoms with van der Waals surface area (Å²) >= 11 is 0. The first-order chi connectivity index (χ1) is 3.80. The molecule has 0 aliphatic carbocycles. The fraction of sp³-hybridized carbons (Fsp3) is 0.800. The van der Waals surface area contributed by atoms with Crippen LogP contribution in [-0.2, 0) is 0 Å². The van der Waals surface area contributed by atoms with Crippen molar-refractivity contribution in [3.05, 3.63) is 0 Å². The molecule has 44 valence electrons. The Morgan fingerprint density at radius 3 is 2.12 bits per heavy atom. The summed E-state index contributed by atoms with van der Waals surface area (Å²) in [6.07, 6.45) is 2.07. The van der Waals surface area contributed by atoms with Gasteiger partial charge in [0.05, 0.1) is 0 Å². The molecular formula is C5H8N2O. The van der Waals surface area contributed by atoms with Gasteiger partial charge in [-0.25, -0.2) is 4.79 Å². The van der Waals surface area contributed by atoms with Crippen molar-refractivity contribution in [3.8, 4) is 0 Å². The minimum absolute atomic E-state index is 0.731. The van der Waals surface area contributed by atoms with Crippen molar-refractivity contribution in [2.75, 3.05) is 13.1 Å². The van der Waals surface area contributed by atoms with Crippen molar-refractivity contribution < 1.29 is 4.79 Å². The van der Waals surface area contributed by atoms with E-state index in [0.29, 0.717) is 0 Å². The molecule has 2 amide bonds. The Labute approximate surface area is 48.5 Å². The molecule has 1 saturated heterocycles. The number of carbonyl (C=O) groups is 1. The van der Waals surface area contributed by atoms with Gasteiger partial charge in [-0.2, -0.15) is 0 Å². The molecule has 0 aromatic rings. The van der Waals surface area contributed by atoms with E-state index in [1.807, 2.05) is 0 Å². The first kappa shape index (κ1) is 5.41. The van der Waals surface area contributed by atoms with Crippen LogP contribution in [0.4, 0.5) is 4.79 Å². The highest BCUT2D eigenvalue weighted by Crippen LogP contribution is 2.05. The average Bonchev–Trinajstić information content (AvgIpc) is 2.12. The lowest BCUT2D eigenvalue weighted by atomic mass is 10.4. The van der Waals surface area contributed by atoms with Gasteiger partial charge in [0.2, 0.25) is 0 Å². The van der Waals surface area contributed by atoms with Crippen LogP contribution in [0.1, 0.15) is 12.8 Å². The Bertz CT molecular complexity index is 96.6. The first-order valence-corrected chi connectivity index (χ1v) is 2.78. The number of urea groups is 1. The van der Waals surface area contributed by atoms with Crippen molar-refractivity contribution >= 4 is 6.03 Å². The van der Waals surface area contributed by atoms with E-state index in [2.05, 4.69) is 0 Å². The van der Waals surface area contributed by atoms with E-state index in [1.54, 1.807) is 0 Å². The zero-order valence-electron chi connectivity index (χ0n) is 4.63. The van der Waals surface area contributed by atoms with E-state index in [0.717, 1.165) is 25.9 Å². The molecule has 1 rings (SSSR count). The molecule has 8 heavy (non-hydrogen) atoms. The lowest BCUT2D eigenvalue weighted by molar-refractivity contribution is 0.217. The summed E-state index contributed by atoms with van der Waals surface area (Å²) in [7, 11) is 0. The number of rotatable bonds is 0. The van der Waals surface area contributed by atoms with Crippen LogP contribution in [0.5, 0.6) is 0 Å². The third-order valence-electron chi connectivity index (χ3n) is 1.38. The van der Waals surface area contributed by atoms with Crippen LogP contribution < -0.4 is 5.73 Å². The number of carbonyl (C=O) groups excluding carboxylic acids is 1. The number of amides is 2. The summed E-state index contributed by atoms with van der Waals surface area (Å²) in [4.78, 5) is 11.6. The lowest BCUT2D eigenvalue weighted by Crippen LogP contribution is -2.26. The summed E-state index contributed by atoms with van der Waals surface area (Å²) in [5.74, 6) is 0. The highest BCUT2D eigenvalue weighted by atomic mass is 16.2. The monoisotopic (exact) mass is 112 g/mol. The summed E-state index contributed by atoms with van der Waals surface area (Å²) in [5, 5.41) is 0. The molecule has 1 fully saturated rings.